The molecule has 2 atom stereocenters. The summed E-state index contributed by atoms with van der Waals surface area (Å²) in [6, 6.07) is -0.176. The number of likely N-dealkylation sites (N-methyl/N-ethyl adjacent to an activating group) is 1. The fraction of sp³-hybridized carbons (Fsp3) is 0.900. The Morgan fingerprint density at radius 1 is 1.60 bits per heavy atom. The van der Waals surface area contributed by atoms with Gasteiger partial charge in [0.05, 0.1) is 18.8 Å². The van der Waals surface area contributed by atoms with Crippen molar-refractivity contribution in [3.05, 3.63) is 0 Å². The fourth-order valence-corrected chi connectivity index (χ4v) is 1.52. The number of carbonyl (C=O) groups excluding carboxylic acids is 1. The Bertz CT molecular complexity index is 221. The fourth-order valence-electron chi connectivity index (χ4n) is 1.52. The molecule has 1 heterocycles. The Kier molecular flexibility index (Phi) is 4.35. The molecule has 88 valence electrons. The number of ether oxygens (including phenoxy) is 1. The van der Waals surface area contributed by atoms with Gasteiger partial charge in [0.1, 0.15) is 0 Å². The Labute approximate surface area is 90.4 Å². The molecular weight excluding hydrogens is 196 g/mol. The summed E-state index contributed by atoms with van der Waals surface area (Å²) in [5.74, 6) is 0.328. The minimum Gasteiger partial charge on any atom is -0.449 e. The number of nitrogens with one attached hydrogen (secondary N) is 1. The molecule has 0 unspecified atom stereocenters. The first-order valence-corrected chi connectivity index (χ1v) is 5.30. The maximum atomic E-state index is 11.5. The van der Waals surface area contributed by atoms with Crippen molar-refractivity contribution in [3.63, 3.8) is 0 Å². The maximum absolute atomic E-state index is 11.5. The molecule has 1 aliphatic heterocycles. The molecule has 1 saturated heterocycles. The lowest BCUT2D eigenvalue weighted by atomic mass is 10.2. The highest BCUT2D eigenvalue weighted by atomic mass is 16.6. The number of carbonyl (C=O) groups is 1. The molecule has 1 aliphatic rings. The summed E-state index contributed by atoms with van der Waals surface area (Å²) < 4.78 is 5.07. The zero-order valence-electron chi connectivity index (χ0n) is 9.56. The van der Waals surface area contributed by atoms with Crippen LogP contribution in [0.25, 0.3) is 0 Å². The van der Waals surface area contributed by atoms with E-state index in [9.17, 15) is 9.90 Å². The van der Waals surface area contributed by atoms with Crippen LogP contribution in [0.4, 0.5) is 4.79 Å². The molecule has 1 fully saturated rings. The van der Waals surface area contributed by atoms with Crippen molar-refractivity contribution < 1.29 is 14.6 Å². The standard InChI is InChI=1S/C10H20N2O3/c1-7(2)6-15-10(14)12(3)8-4-11-5-9(8)13/h7-9,11,13H,4-6H2,1-3H3/t8-,9-/m0/s1. The molecule has 0 spiro atoms. The van der Waals surface area contributed by atoms with Crippen LogP contribution in [-0.4, -0.2) is 55.0 Å². The van der Waals surface area contributed by atoms with Crippen molar-refractivity contribution in [1.29, 1.82) is 0 Å². The Morgan fingerprint density at radius 3 is 2.73 bits per heavy atom. The average Bonchev–Trinajstić information content (AvgIpc) is 2.59. The van der Waals surface area contributed by atoms with Gasteiger partial charge in [0.25, 0.3) is 0 Å². The topological polar surface area (TPSA) is 61.8 Å². The van der Waals surface area contributed by atoms with Gasteiger partial charge in [-0.15, -0.1) is 0 Å². The summed E-state index contributed by atoms with van der Waals surface area (Å²) in [5, 5.41) is 12.6. The normalized spacial score (nSPS) is 25.7. The van der Waals surface area contributed by atoms with Crippen LogP contribution in [0.5, 0.6) is 0 Å². The molecule has 1 rings (SSSR count). The first-order chi connectivity index (χ1) is 7.02. The van der Waals surface area contributed by atoms with Crippen LogP contribution in [-0.2, 0) is 4.74 Å². The molecule has 0 aromatic heterocycles. The second kappa shape index (κ2) is 5.32. The molecule has 0 aromatic carbocycles. The summed E-state index contributed by atoms with van der Waals surface area (Å²) in [4.78, 5) is 13.0. The van der Waals surface area contributed by atoms with Crippen molar-refractivity contribution >= 4 is 6.09 Å². The molecular formula is C10H20N2O3. The zero-order valence-corrected chi connectivity index (χ0v) is 9.56. The smallest absolute Gasteiger partial charge is 0.409 e. The average molecular weight is 216 g/mol. The van der Waals surface area contributed by atoms with Crippen molar-refractivity contribution in [2.24, 2.45) is 5.92 Å². The number of hydrogen-bond donors (Lipinski definition) is 2. The van der Waals surface area contributed by atoms with Gasteiger partial charge in [0.15, 0.2) is 0 Å². The second-order valence-corrected chi connectivity index (χ2v) is 4.37. The molecule has 15 heavy (non-hydrogen) atoms. The zero-order chi connectivity index (χ0) is 11.4. The molecule has 0 bridgehead atoms. The summed E-state index contributed by atoms with van der Waals surface area (Å²) >= 11 is 0. The Morgan fingerprint density at radius 2 is 2.27 bits per heavy atom. The lowest BCUT2D eigenvalue weighted by Gasteiger charge is -2.25. The SMILES string of the molecule is CC(C)COC(=O)N(C)[C@H]1CNC[C@@H]1O. The third kappa shape index (κ3) is 3.35. The van der Waals surface area contributed by atoms with Crippen molar-refractivity contribution in [1.82, 2.24) is 10.2 Å². The highest BCUT2D eigenvalue weighted by Crippen LogP contribution is 2.09. The number of aliphatic hydroxyl groups is 1. The van der Waals surface area contributed by atoms with E-state index in [1.165, 1.54) is 4.90 Å². The minimum atomic E-state index is -0.499. The van der Waals surface area contributed by atoms with Crippen LogP contribution in [0.3, 0.4) is 0 Å². The van der Waals surface area contributed by atoms with Crippen LogP contribution in [0.1, 0.15) is 13.8 Å². The lowest BCUT2D eigenvalue weighted by Crippen LogP contribution is -2.44. The van der Waals surface area contributed by atoms with Gasteiger partial charge in [-0.1, -0.05) is 13.8 Å². The maximum Gasteiger partial charge on any atom is 0.409 e. The number of nitrogens with zero attached hydrogens (tertiary/aromatic N) is 1. The third-order valence-corrected chi connectivity index (χ3v) is 2.48. The molecule has 0 saturated carbocycles. The van der Waals surface area contributed by atoms with Crippen molar-refractivity contribution in [2.45, 2.75) is 26.0 Å². The number of amides is 1. The van der Waals surface area contributed by atoms with E-state index in [-0.39, 0.29) is 12.1 Å². The molecule has 5 heteroatoms. The summed E-state index contributed by atoms with van der Waals surface area (Å²) in [7, 11) is 1.66. The summed E-state index contributed by atoms with van der Waals surface area (Å²) in [6.07, 6.45) is -0.863. The van der Waals surface area contributed by atoms with Crippen LogP contribution in [0.15, 0.2) is 0 Å². The molecule has 5 nitrogen and oxygen atoms in total. The van der Waals surface area contributed by atoms with Gasteiger partial charge in [-0.3, -0.25) is 0 Å². The first kappa shape index (κ1) is 12.3. The van der Waals surface area contributed by atoms with Crippen LogP contribution >= 0.6 is 0 Å². The third-order valence-electron chi connectivity index (χ3n) is 2.48. The summed E-state index contributed by atoms with van der Waals surface area (Å²) in [6.45, 7) is 5.54. The van der Waals surface area contributed by atoms with E-state index >= 15 is 0 Å². The number of β-amino-alcohol motifs (C(OH)–C–C–N with tert-alkyl or cyclic N) is 1. The molecule has 2 N–H and O–H groups in total. The van der Waals surface area contributed by atoms with E-state index in [1.807, 2.05) is 13.8 Å². The molecule has 0 aromatic rings. The van der Waals surface area contributed by atoms with Crippen molar-refractivity contribution in [2.75, 3.05) is 26.7 Å². The van der Waals surface area contributed by atoms with Gasteiger partial charge in [0, 0.05) is 20.1 Å². The van der Waals surface area contributed by atoms with Crippen LogP contribution in [0.2, 0.25) is 0 Å². The largest absolute Gasteiger partial charge is 0.449 e. The second-order valence-electron chi connectivity index (χ2n) is 4.37. The van der Waals surface area contributed by atoms with Crippen molar-refractivity contribution in [3.8, 4) is 0 Å². The van der Waals surface area contributed by atoms with Gasteiger partial charge in [0.2, 0.25) is 0 Å². The van der Waals surface area contributed by atoms with E-state index in [1.54, 1.807) is 7.05 Å². The number of rotatable bonds is 3. The van der Waals surface area contributed by atoms with E-state index in [2.05, 4.69) is 5.32 Å². The lowest BCUT2D eigenvalue weighted by molar-refractivity contribution is 0.0599. The van der Waals surface area contributed by atoms with E-state index in [0.717, 1.165) is 0 Å². The van der Waals surface area contributed by atoms with Gasteiger partial charge in [-0.25, -0.2) is 4.79 Å². The number of aliphatic hydroxyl groups excluding tert-OH is 1. The number of hydrogen-bond acceptors (Lipinski definition) is 4. The monoisotopic (exact) mass is 216 g/mol. The van der Waals surface area contributed by atoms with E-state index in [0.29, 0.717) is 25.6 Å². The minimum absolute atomic E-state index is 0.176. The van der Waals surface area contributed by atoms with Gasteiger partial charge in [-0.2, -0.15) is 0 Å². The predicted molar refractivity (Wildman–Crippen MR) is 56.6 cm³/mol. The summed E-state index contributed by atoms with van der Waals surface area (Å²) in [5.41, 5.74) is 0. The first-order valence-electron chi connectivity index (χ1n) is 5.30. The van der Waals surface area contributed by atoms with Gasteiger partial charge < -0.3 is 20.1 Å². The van der Waals surface area contributed by atoms with Crippen LogP contribution in [0, 0.1) is 5.92 Å². The van der Waals surface area contributed by atoms with Gasteiger partial charge in [-0.05, 0) is 5.92 Å². The quantitative estimate of drug-likeness (QED) is 0.699. The molecule has 1 amide bonds. The van der Waals surface area contributed by atoms with Crippen LogP contribution < -0.4 is 5.32 Å². The Balaban J connectivity index is 2.38. The van der Waals surface area contributed by atoms with Gasteiger partial charge >= 0.3 is 6.09 Å². The Hall–Kier alpha value is -0.810. The predicted octanol–water partition coefficient (Wildman–Crippen LogP) is 0.0435. The molecule has 0 aliphatic carbocycles. The van der Waals surface area contributed by atoms with E-state index in [4.69, 9.17) is 4.74 Å². The highest BCUT2D eigenvalue weighted by molar-refractivity contribution is 5.67. The van der Waals surface area contributed by atoms with E-state index < -0.39 is 6.10 Å². The molecule has 0 radical (unpaired) electrons. The highest BCUT2D eigenvalue weighted by Gasteiger charge is 2.31.